The number of nitro groups is 1. The van der Waals surface area contributed by atoms with Gasteiger partial charge in [-0.25, -0.2) is 0 Å². The fourth-order valence-corrected chi connectivity index (χ4v) is 1.32. The van der Waals surface area contributed by atoms with E-state index in [2.05, 4.69) is 0 Å². The Morgan fingerprint density at radius 2 is 2.12 bits per heavy atom. The molecule has 4 nitrogen and oxygen atoms in total. The van der Waals surface area contributed by atoms with Gasteiger partial charge in [-0.2, -0.15) is 0 Å². The summed E-state index contributed by atoms with van der Waals surface area (Å²) < 4.78 is 5.56. The van der Waals surface area contributed by atoms with Crippen LogP contribution in [0.3, 0.4) is 0 Å². The van der Waals surface area contributed by atoms with Crippen molar-refractivity contribution < 1.29 is 9.66 Å². The fourth-order valence-electron chi connectivity index (χ4n) is 1.32. The van der Waals surface area contributed by atoms with Gasteiger partial charge in [-0.15, -0.1) is 0 Å². The number of ether oxygens (including phenoxy) is 1. The largest absolute Gasteiger partial charge is 0.490 e. The van der Waals surface area contributed by atoms with Gasteiger partial charge in [0.05, 0.1) is 11.0 Å². The minimum Gasteiger partial charge on any atom is -0.490 e. The Bertz CT molecular complexity index is 411. The molecular weight excluding hydrogens is 206 g/mol. The number of hydrogen-bond donors (Lipinski definition) is 0. The topological polar surface area (TPSA) is 52.4 Å². The van der Waals surface area contributed by atoms with Gasteiger partial charge in [-0.3, -0.25) is 10.1 Å². The molecule has 0 bridgehead atoms. The lowest BCUT2D eigenvalue weighted by molar-refractivity contribution is -0.384. The lowest BCUT2D eigenvalue weighted by Crippen LogP contribution is -2.06. The van der Waals surface area contributed by atoms with Gasteiger partial charge in [0.2, 0.25) is 0 Å². The van der Waals surface area contributed by atoms with E-state index in [-0.39, 0.29) is 11.8 Å². The van der Waals surface area contributed by atoms with Gasteiger partial charge in [-0.05, 0) is 26.8 Å². The molecule has 1 aromatic carbocycles. The van der Waals surface area contributed by atoms with Gasteiger partial charge in [0.1, 0.15) is 5.75 Å². The molecule has 0 atom stereocenters. The highest BCUT2D eigenvalue weighted by atomic mass is 16.6. The summed E-state index contributed by atoms with van der Waals surface area (Å²) in [6.45, 7) is 5.69. The van der Waals surface area contributed by atoms with Crippen molar-refractivity contribution in [2.75, 3.05) is 0 Å². The Morgan fingerprint density at radius 1 is 1.44 bits per heavy atom. The van der Waals surface area contributed by atoms with E-state index in [1.807, 2.05) is 26.8 Å². The van der Waals surface area contributed by atoms with E-state index in [0.717, 1.165) is 5.56 Å². The Labute approximate surface area is 94.7 Å². The van der Waals surface area contributed by atoms with Crippen LogP contribution in [0.4, 0.5) is 5.69 Å². The van der Waals surface area contributed by atoms with Crippen molar-refractivity contribution in [3.63, 3.8) is 0 Å². The molecule has 0 amide bonds. The van der Waals surface area contributed by atoms with E-state index in [0.29, 0.717) is 5.75 Å². The zero-order chi connectivity index (χ0) is 12.1. The van der Waals surface area contributed by atoms with Crippen LogP contribution >= 0.6 is 0 Å². The number of benzene rings is 1. The second-order valence-electron chi connectivity index (χ2n) is 3.65. The maximum Gasteiger partial charge on any atom is 0.270 e. The molecule has 0 aliphatic rings. The van der Waals surface area contributed by atoms with Crippen LogP contribution in [0.5, 0.6) is 5.75 Å². The Hall–Kier alpha value is -1.84. The Morgan fingerprint density at radius 3 is 2.62 bits per heavy atom. The number of hydrogen-bond acceptors (Lipinski definition) is 3. The summed E-state index contributed by atoms with van der Waals surface area (Å²) in [6, 6.07) is 4.59. The van der Waals surface area contributed by atoms with E-state index >= 15 is 0 Å². The minimum absolute atomic E-state index is 0.0467. The van der Waals surface area contributed by atoms with Crippen molar-refractivity contribution >= 4 is 11.8 Å². The predicted molar refractivity (Wildman–Crippen MR) is 63.6 cm³/mol. The average molecular weight is 221 g/mol. The summed E-state index contributed by atoms with van der Waals surface area (Å²) >= 11 is 0. The molecule has 0 heterocycles. The lowest BCUT2D eigenvalue weighted by Gasteiger charge is -2.12. The summed E-state index contributed by atoms with van der Waals surface area (Å²) in [5.74, 6) is 0.665. The van der Waals surface area contributed by atoms with Crippen molar-refractivity contribution in [2.45, 2.75) is 26.9 Å². The summed E-state index contributed by atoms with van der Waals surface area (Å²) in [5.41, 5.74) is 0.801. The molecule has 16 heavy (non-hydrogen) atoms. The first-order valence-corrected chi connectivity index (χ1v) is 5.12. The molecule has 0 unspecified atom stereocenters. The molecular formula is C12H15NO3. The quantitative estimate of drug-likeness (QED) is 0.578. The monoisotopic (exact) mass is 221 g/mol. The van der Waals surface area contributed by atoms with E-state index in [1.165, 1.54) is 12.1 Å². The minimum atomic E-state index is -0.411. The lowest BCUT2D eigenvalue weighted by atomic mass is 10.1. The van der Waals surface area contributed by atoms with Crippen LogP contribution in [0.1, 0.15) is 26.3 Å². The maximum atomic E-state index is 10.6. The van der Waals surface area contributed by atoms with E-state index in [4.69, 9.17) is 4.74 Å². The summed E-state index contributed by atoms with van der Waals surface area (Å²) in [6.07, 6.45) is 3.67. The fraction of sp³-hybridized carbons (Fsp3) is 0.333. The summed E-state index contributed by atoms with van der Waals surface area (Å²) in [7, 11) is 0. The second kappa shape index (κ2) is 5.30. The standard InChI is InChI=1S/C12H15NO3/c1-4-5-10-8-11(13(14)15)6-7-12(10)16-9(2)3/h4-9H,1-3H3/b5-4+. The molecule has 86 valence electrons. The number of allylic oxidation sites excluding steroid dienone is 1. The summed E-state index contributed by atoms with van der Waals surface area (Å²) in [4.78, 5) is 10.2. The maximum absolute atomic E-state index is 10.6. The van der Waals surface area contributed by atoms with Crippen LogP contribution < -0.4 is 4.74 Å². The van der Waals surface area contributed by atoms with Crippen molar-refractivity contribution in [3.8, 4) is 5.75 Å². The zero-order valence-corrected chi connectivity index (χ0v) is 9.64. The molecule has 0 radical (unpaired) electrons. The third-order valence-corrected chi connectivity index (χ3v) is 1.91. The highest BCUT2D eigenvalue weighted by Gasteiger charge is 2.10. The Kier molecular flexibility index (Phi) is 4.05. The molecule has 0 spiro atoms. The van der Waals surface area contributed by atoms with Crippen LogP contribution in [-0.2, 0) is 0 Å². The molecule has 0 aliphatic heterocycles. The number of nitro benzene ring substituents is 1. The van der Waals surface area contributed by atoms with Crippen LogP contribution in [0, 0.1) is 10.1 Å². The SMILES string of the molecule is C/C=C/c1cc([N+](=O)[O-])ccc1OC(C)C. The van der Waals surface area contributed by atoms with Crippen molar-refractivity contribution in [1.29, 1.82) is 0 Å². The van der Waals surface area contributed by atoms with Gasteiger partial charge in [0.15, 0.2) is 0 Å². The first-order valence-electron chi connectivity index (χ1n) is 5.12. The molecule has 1 aromatic rings. The Balaban J connectivity index is 3.13. The molecule has 0 saturated heterocycles. The molecule has 0 aromatic heterocycles. The van der Waals surface area contributed by atoms with Gasteiger partial charge in [-0.1, -0.05) is 12.2 Å². The first-order chi connectivity index (χ1) is 7.54. The zero-order valence-electron chi connectivity index (χ0n) is 9.64. The molecule has 0 saturated carbocycles. The van der Waals surface area contributed by atoms with E-state index in [1.54, 1.807) is 12.1 Å². The van der Waals surface area contributed by atoms with Gasteiger partial charge < -0.3 is 4.74 Å². The highest BCUT2D eigenvalue weighted by Crippen LogP contribution is 2.26. The first kappa shape index (κ1) is 12.2. The molecule has 1 rings (SSSR count). The average Bonchev–Trinajstić information content (AvgIpc) is 2.20. The molecule has 4 heteroatoms. The summed E-state index contributed by atoms with van der Waals surface area (Å²) in [5, 5.41) is 10.6. The normalized spacial score (nSPS) is 11.0. The van der Waals surface area contributed by atoms with Gasteiger partial charge in [0, 0.05) is 17.7 Å². The van der Waals surface area contributed by atoms with Crippen molar-refractivity contribution in [3.05, 3.63) is 40.0 Å². The molecule has 0 N–H and O–H groups in total. The number of nitrogens with zero attached hydrogens (tertiary/aromatic N) is 1. The van der Waals surface area contributed by atoms with Gasteiger partial charge in [0.25, 0.3) is 5.69 Å². The highest BCUT2D eigenvalue weighted by molar-refractivity contribution is 5.60. The van der Waals surface area contributed by atoms with Gasteiger partial charge >= 0.3 is 0 Å². The third kappa shape index (κ3) is 3.08. The van der Waals surface area contributed by atoms with E-state index in [9.17, 15) is 10.1 Å². The number of rotatable bonds is 4. The smallest absolute Gasteiger partial charge is 0.270 e. The third-order valence-electron chi connectivity index (χ3n) is 1.91. The van der Waals surface area contributed by atoms with Crippen molar-refractivity contribution in [2.24, 2.45) is 0 Å². The second-order valence-corrected chi connectivity index (χ2v) is 3.65. The van der Waals surface area contributed by atoms with Crippen LogP contribution in [0.15, 0.2) is 24.3 Å². The van der Waals surface area contributed by atoms with Crippen LogP contribution in [0.25, 0.3) is 6.08 Å². The van der Waals surface area contributed by atoms with Crippen LogP contribution in [-0.4, -0.2) is 11.0 Å². The van der Waals surface area contributed by atoms with Crippen molar-refractivity contribution in [1.82, 2.24) is 0 Å². The molecule has 0 aliphatic carbocycles. The number of non-ortho nitro benzene ring substituents is 1. The van der Waals surface area contributed by atoms with E-state index < -0.39 is 4.92 Å². The van der Waals surface area contributed by atoms with Crippen LogP contribution in [0.2, 0.25) is 0 Å². The predicted octanol–water partition coefficient (Wildman–Crippen LogP) is 3.42. The molecule has 0 fully saturated rings.